The summed E-state index contributed by atoms with van der Waals surface area (Å²) in [7, 11) is 1.31. The van der Waals surface area contributed by atoms with E-state index in [1.54, 1.807) is 36.5 Å². The van der Waals surface area contributed by atoms with Crippen molar-refractivity contribution in [3.63, 3.8) is 0 Å². The van der Waals surface area contributed by atoms with Gasteiger partial charge in [0.05, 0.1) is 18.8 Å². The molecule has 1 unspecified atom stereocenters. The van der Waals surface area contributed by atoms with E-state index in [0.29, 0.717) is 17.8 Å². The van der Waals surface area contributed by atoms with Crippen LogP contribution in [0.5, 0.6) is 0 Å². The molecule has 1 aliphatic rings. The number of rotatable bonds is 6. The van der Waals surface area contributed by atoms with Crippen LogP contribution in [0.2, 0.25) is 0 Å². The quantitative estimate of drug-likeness (QED) is 0.775. The van der Waals surface area contributed by atoms with Gasteiger partial charge in [-0.25, -0.2) is 4.79 Å². The van der Waals surface area contributed by atoms with Crippen molar-refractivity contribution >= 4 is 23.3 Å². The molecule has 7 heteroatoms. The second kappa shape index (κ2) is 8.44. The molecule has 0 aliphatic carbocycles. The maximum atomic E-state index is 12.4. The minimum atomic E-state index is -0.459. The van der Waals surface area contributed by atoms with Crippen molar-refractivity contribution in [1.29, 1.82) is 0 Å². The van der Waals surface area contributed by atoms with Crippen LogP contribution < -0.4 is 10.6 Å². The van der Waals surface area contributed by atoms with Gasteiger partial charge >= 0.3 is 5.97 Å². The smallest absolute Gasteiger partial charge is 0.337 e. The Morgan fingerprint density at radius 3 is 2.92 bits per heavy atom. The number of hydrogen-bond acceptors (Lipinski definition) is 6. The lowest BCUT2D eigenvalue weighted by molar-refractivity contribution is 0.0600. The number of methoxy groups -OCH3 is 1. The Hall–Kier alpha value is -2.93. The molecule has 0 radical (unpaired) electrons. The van der Waals surface area contributed by atoms with Gasteiger partial charge in [-0.15, -0.1) is 0 Å². The highest BCUT2D eigenvalue weighted by Gasteiger charge is 2.15. The first-order chi connectivity index (χ1) is 12.7. The lowest BCUT2D eigenvalue weighted by Gasteiger charge is -2.12. The zero-order valence-corrected chi connectivity index (χ0v) is 14.5. The van der Waals surface area contributed by atoms with Crippen LogP contribution in [0.3, 0.4) is 0 Å². The Kier molecular flexibility index (Phi) is 5.80. The lowest BCUT2D eigenvalue weighted by atomic mass is 10.2. The number of amides is 1. The minimum absolute atomic E-state index is 0.210. The van der Waals surface area contributed by atoms with Gasteiger partial charge in [-0.1, -0.05) is 6.07 Å². The summed E-state index contributed by atoms with van der Waals surface area (Å²) in [6.45, 7) is 1.51. The Balaban J connectivity index is 1.64. The monoisotopic (exact) mass is 355 g/mol. The molecule has 1 aromatic carbocycles. The summed E-state index contributed by atoms with van der Waals surface area (Å²) in [5, 5.41) is 6.01. The third-order valence-corrected chi connectivity index (χ3v) is 4.09. The average molecular weight is 355 g/mol. The average Bonchev–Trinajstić information content (AvgIpc) is 3.20. The first kappa shape index (κ1) is 17.9. The van der Waals surface area contributed by atoms with Crippen LogP contribution in [0.25, 0.3) is 0 Å². The molecule has 2 N–H and O–H groups in total. The number of aromatic nitrogens is 1. The molecule has 0 saturated carbocycles. The molecule has 1 atom stereocenters. The van der Waals surface area contributed by atoms with Gasteiger partial charge in [0.1, 0.15) is 5.69 Å². The number of ether oxygens (including phenoxy) is 2. The largest absolute Gasteiger partial charge is 0.465 e. The molecule has 2 heterocycles. The number of nitrogens with one attached hydrogen (secondary N) is 2. The van der Waals surface area contributed by atoms with Crippen LogP contribution in [0.1, 0.15) is 33.7 Å². The third kappa shape index (κ3) is 4.58. The van der Waals surface area contributed by atoms with Crippen LogP contribution in [-0.2, 0) is 9.47 Å². The lowest BCUT2D eigenvalue weighted by Crippen LogP contribution is -2.19. The van der Waals surface area contributed by atoms with E-state index in [2.05, 4.69) is 20.4 Å². The zero-order valence-electron chi connectivity index (χ0n) is 14.5. The molecule has 1 amide bonds. The second-order valence-corrected chi connectivity index (χ2v) is 5.97. The SMILES string of the molecule is COC(=O)c1cccc(NC(=O)c2cc(NCC3CCCO3)ccn2)c1. The van der Waals surface area contributed by atoms with Gasteiger partial charge in [-0.2, -0.15) is 0 Å². The van der Waals surface area contributed by atoms with Gasteiger partial charge in [0.2, 0.25) is 0 Å². The molecule has 26 heavy (non-hydrogen) atoms. The van der Waals surface area contributed by atoms with Crippen molar-refractivity contribution in [1.82, 2.24) is 4.98 Å². The van der Waals surface area contributed by atoms with E-state index in [0.717, 1.165) is 25.1 Å². The van der Waals surface area contributed by atoms with Gasteiger partial charge in [0, 0.05) is 30.7 Å². The van der Waals surface area contributed by atoms with E-state index in [1.807, 2.05) is 6.07 Å². The normalized spacial score (nSPS) is 16.1. The molecule has 0 bridgehead atoms. The number of benzene rings is 1. The predicted molar refractivity (Wildman–Crippen MR) is 97.4 cm³/mol. The van der Waals surface area contributed by atoms with Crippen molar-refractivity contribution < 1.29 is 19.1 Å². The summed E-state index contributed by atoms with van der Waals surface area (Å²) in [5.74, 6) is -0.813. The maximum absolute atomic E-state index is 12.4. The highest BCUT2D eigenvalue weighted by Crippen LogP contribution is 2.16. The van der Waals surface area contributed by atoms with Gasteiger partial charge in [-0.05, 0) is 43.2 Å². The molecule has 1 aromatic heterocycles. The fourth-order valence-corrected chi connectivity index (χ4v) is 2.74. The van der Waals surface area contributed by atoms with Gasteiger partial charge < -0.3 is 20.1 Å². The molecular weight excluding hydrogens is 334 g/mol. The highest BCUT2D eigenvalue weighted by molar-refractivity contribution is 6.04. The van der Waals surface area contributed by atoms with E-state index < -0.39 is 5.97 Å². The fraction of sp³-hybridized carbons (Fsp3) is 0.316. The Morgan fingerprint density at radius 2 is 2.15 bits per heavy atom. The summed E-state index contributed by atoms with van der Waals surface area (Å²) in [5.41, 5.74) is 1.96. The Labute approximate surface area is 151 Å². The van der Waals surface area contributed by atoms with Crippen LogP contribution in [-0.4, -0.2) is 43.2 Å². The van der Waals surface area contributed by atoms with Gasteiger partial charge in [0.25, 0.3) is 5.91 Å². The van der Waals surface area contributed by atoms with Crippen molar-refractivity contribution in [2.45, 2.75) is 18.9 Å². The van der Waals surface area contributed by atoms with Crippen LogP contribution in [0, 0.1) is 0 Å². The number of anilines is 2. The number of hydrogen-bond donors (Lipinski definition) is 2. The molecule has 3 rings (SSSR count). The third-order valence-electron chi connectivity index (χ3n) is 4.09. The zero-order chi connectivity index (χ0) is 18.4. The van der Waals surface area contributed by atoms with E-state index in [1.165, 1.54) is 7.11 Å². The molecular formula is C19H21N3O4. The summed E-state index contributed by atoms with van der Waals surface area (Å²) in [6, 6.07) is 10.1. The molecule has 0 spiro atoms. The maximum Gasteiger partial charge on any atom is 0.337 e. The second-order valence-electron chi connectivity index (χ2n) is 5.97. The van der Waals surface area contributed by atoms with Crippen molar-refractivity contribution in [3.05, 3.63) is 53.9 Å². The first-order valence-corrected chi connectivity index (χ1v) is 8.47. The Morgan fingerprint density at radius 1 is 1.27 bits per heavy atom. The fourth-order valence-electron chi connectivity index (χ4n) is 2.74. The Bertz CT molecular complexity index is 788. The molecule has 136 valence electrons. The van der Waals surface area contributed by atoms with Gasteiger partial charge in [-0.3, -0.25) is 9.78 Å². The van der Waals surface area contributed by atoms with E-state index in [-0.39, 0.29) is 17.7 Å². The standard InChI is InChI=1S/C19H21N3O4/c1-25-19(24)13-4-2-5-15(10-13)22-18(23)17-11-14(7-8-20-17)21-12-16-6-3-9-26-16/h2,4-5,7-8,10-11,16H,3,6,9,12H2,1H3,(H,20,21)(H,22,23). The summed E-state index contributed by atoms with van der Waals surface area (Å²) in [4.78, 5) is 28.1. The minimum Gasteiger partial charge on any atom is -0.465 e. The van der Waals surface area contributed by atoms with E-state index in [4.69, 9.17) is 4.74 Å². The van der Waals surface area contributed by atoms with E-state index >= 15 is 0 Å². The first-order valence-electron chi connectivity index (χ1n) is 8.47. The van der Waals surface area contributed by atoms with Crippen LogP contribution >= 0.6 is 0 Å². The van der Waals surface area contributed by atoms with Gasteiger partial charge in [0.15, 0.2) is 0 Å². The predicted octanol–water partition coefficient (Wildman–Crippen LogP) is 2.71. The number of carbonyl (C=O) groups is 2. The molecule has 2 aromatic rings. The molecule has 1 aliphatic heterocycles. The molecule has 1 fully saturated rings. The molecule has 1 saturated heterocycles. The summed E-state index contributed by atoms with van der Waals surface area (Å²) >= 11 is 0. The number of nitrogens with zero attached hydrogens (tertiary/aromatic N) is 1. The number of pyridine rings is 1. The van der Waals surface area contributed by atoms with Crippen molar-refractivity contribution in [2.75, 3.05) is 30.9 Å². The summed E-state index contributed by atoms with van der Waals surface area (Å²) < 4.78 is 10.3. The number of carbonyl (C=O) groups excluding carboxylic acids is 2. The topological polar surface area (TPSA) is 89.5 Å². The van der Waals surface area contributed by atoms with Crippen molar-refractivity contribution in [3.8, 4) is 0 Å². The summed E-state index contributed by atoms with van der Waals surface area (Å²) in [6.07, 6.45) is 3.92. The van der Waals surface area contributed by atoms with Crippen LogP contribution in [0.4, 0.5) is 11.4 Å². The van der Waals surface area contributed by atoms with Crippen LogP contribution in [0.15, 0.2) is 42.6 Å². The molecule has 7 nitrogen and oxygen atoms in total. The number of esters is 1. The van der Waals surface area contributed by atoms with Crippen molar-refractivity contribution in [2.24, 2.45) is 0 Å². The highest BCUT2D eigenvalue weighted by atomic mass is 16.5. The van der Waals surface area contributed by atoms with E-state index in [9.17, 15) is 9.59 Å².